The zero-order valence-electron chi connectivity index (χ0n) is 5.53. The lowest BCUT2D eigenvalue weighted by Gasteiger charge is -1.91. The summed E-state index contributed by atoms with van der Waals surface area (Å²) in [6.07, 6.45) is 2.56. The molecule has 0 saturated carbocycles. The summed E-state index contributed by atoms with van der Waals surface area (Å²) < 4.78 is 4.94. The zero-order chi connectivity index (χ0) is 8.04. The van der Waals surface area contributed by atoms with Crippen LogP contribution < -0.4 is 0 Å². The van der Waals surface area contributed by atoms with Crippen molar-refractivity contribution in [2.45, 2.75) is 12.8 Å². The van der Waals surface area contributed by atoms with Crippen molar-refractivity contribution < 1.29 is 23.9 Å². The first-order chi connectivity index (χ1) is 4.50. The van der Waals surface area contributed by atoms with Gasteiger partial charge in [0.25, 0.3) is 0 Å². The molecule has 0 aromatic carbocycles. The summed E-state index contributed by atoms with van der Waals surface area (Å²) in [7, 11) is -4.61. The summed E-state index contributed by atoms with van der Waals surface area (Å²) >= 11 is 0. The van der Waals surface area contributed by atoms with E-state index in [0.29, 0.717) is 0 Å². The summed E-state index contributed by atoms with van der Waals surface area (Å²) in [6, 6.07) is 0. The van der Waals surface area contributed by atoms with E-state index in [2.05, 4.69) is 0 Å². The number of hydrogen-bond acceptors (Lipinski definition) is 5. The summed E-state index contributed by atoms with van der Waals surface area (Å²) in [5, 5.41) is 0. The molecule has 0 spiro atoms. The Kier molecular flexibility index (Phi) is 4.78. The van der Waals surface area contributed by atoms with Gasteiger partial charge in [-0.25, -0.2) is 0 Å². The number of ether oxygens (including phenoxy) is 1. The third-order valence-electron chi connectivity index (χ3n) is 0.827. The van der Waals surface area contributed by atoms with Gasteiger partial charge in [-0.3, -0.25) is 0 Å². The second-order valence-corrected chi connectivity index (χ2v) is 3.12. The van der Waals surface area contributed by atoms with Gasteiger partial charge in [0.2, 0.25) is 0 Å². The van der Waals surface area contributed by atoms with Crippen molar-refractivity contribution >= 4 is 9.05 Å². The van der Waals surface area contributed by atoms with E-state index >= 15 is 0 Å². The molecule has 62 valence electrons. The van der Waals surface area contributed by atoms with Gasteiger partial charge in [0.1, 0.15) is 0 Å². The van der Waals surface area contributed by atoms with Crippen LogP contribution in [0.2, 0.25) is 0 Å². The van der Waals surface area contributed by atoms with Crippen LogP contribution in [0.5, 0.6) is 0 Å². The Bertz CT molecular complexity index is 62.6. The predicted octanol–water partition coefficient (Wildman–Crippen LogP) is -1.81. The molecule has 1 fully saturated rings. The van der Waals surface area contributed by atoms with Gasteiger partial charge in [-0.2, -0.15) is 0 Å². The quantitative estimate of drug-likeness (QED) is 0.320. The van der Waals surface area contributed by atoms with Crippen LogP contribution in [0.1, 0.15) is 12.8 Å². The summed E-state index contributed by atoms with van der Waals surface area (Å²) in [6.45, 7) is 2.00. The molecule has 1 heterocycles. The van der Waals surface area contributed by atoms with Crippen LogP contribution in [-0.2, 0) is 4.74 Å². The van der Waals surface area contributed by atoms with Crippen LogP contribution in [0.25, 0.3) is 0 Å². The monoisotopic (exact) mass is 168 g/mol. The fraction of sp³-hybridized carbons (Fsp3) is 1.00. The molecule has 4 N–H and O–H groups in total. The first kappa shape index (κ1) is 10.0. The summed E-state index contributed by atoms with van der Waals surface area (Å²) in [5.41, 5.74) is 0. The maximum Gasteiger partial charge on any atom is 0.668 e. The molecule has 0 amide bonds. The maximum atomic E-state index is 7.33. The minimum atomic E-state index is -4.61. The molecule has 1 rings (SSSR count). The van der Waals surface area contributed by atoms with Crippen LogP contribution >= 0.6 is 0 Å². The van der Waals surface area contributed by atoms with Crippen LogP contribution in [0.4, 0.5) is 0 Å². The molecule has 6 heteroatoms. The van der Waals surface area contributed by atoms with Crippen molar-refractivity contribution in [3.8, 4) is 0 Å². The third-order valence-corrected chi connectivity index (χ3v) is 0.827. The molecule has 0 unspecified atom stereocenters. The highest BCUT2D eigenvalue weighted by Gasteiger charge is 2.22. The maximum absolute atomic E-state index is 7.33. The molecule has 1 aliphatic rings. The minimum absolute atomic E-state index is 1.00. The summed E-state index contributed by atoms with van der Waals surface area (Å²) in [4.78, 5) is 29.3. The van der Waals surface area contributed by atoms with Gasteiger partial charge >= 0.3 is 9.05 Å². The van der Waals surface area contributed by atoms with Gasteiger partial charge < -0.3 is 23.9 Å². The van der Waals surface area contributed by atoms with Crippen LogP contribution in [-0.4, -0.2) is 41.4 Å². The second-order valence-electron chi connectivity index (χ2n) is 1.92. The van der Waals surface area contributed by atoms with E-state index in [4.69, 9.17) is 23.9 Å². The van der Waals surface area contributed by atoms with Gasteiger partial charge in [-0.05, 0) is 12.8 Å². The third kappa shape index (κ3) is 15.7. The van der Waals surface area contributed by atoms with Crippen molar-refractivity contribution in [2.75, 3.05) is 13.2 Å². The van der Waals surface area contributed by atoms with E-state index in [1.165, 1.54) is 12.8 Å². The Morgan fingerprint density at radius 3 is 1.30 bits per heavy atom. The smallest absolute Gasteiger partial charge is 0.381 e. The van der Waals surface area contributed by atoms with Crippen molar-refractivity contribution in [3.63, 3.8) is 0 Å². The molecule has 0 aliphatic carbocycles. The van der Waals surface area contributed by atoms with E-state index in [0.717, 1.165) is 13.2 Å². The Hall–Kier alpha value is 0.0169. The second kappa shape index (κ2) is 4.77. The Morgan fingerprint density at radius 2 is 1.20 bits per heavy atom. The van der Waals surface area contributed by atoms with E-state index in [1.807, 2.05) is 0 Å². The van der Waals surface area contributed by atoms with Crippen LogP contribution in [0.15, 0.2) is 0 Å². The molecular weight excluding hydrogens is 156 g/mol. The van der Waals surface area contributed by atoms with E-state index in [9.17, 15) is 0 Å². The lowest BCUT2D eigenvalue weighted by atomic mass is 10.4. The fourth-order valence-corrected chi connectivity index (χ4v) is 0.510. The molecular formula is C4H12O5Si. The van der Waals surface area contributed by atoms with Crippen molar-refractivity contribution in [3.05, 3.63) is 0 Å². The first-order valence-corrected chi connectivity index (χ1v) is 4.76. The molecule has 0 aromatic heterocycles. The lowest BCUT2D eigenvalue weighted by molar-refractivity contribution is 0.117. The van der Waals surface area contributed by atoms with Gasteiger partial charge in [0, 0.05) is 13.2 Å². The van der Waals surface area contributed by atoms with Crippen molar-refractivity contribution in [1.29, 1.82) is 0 Å². The fourth-order valence-electron chi connectivity index (χ4n) is 0.510. The van der Waals surface area contributed by atoms with Crippen LogP contribution in [0, 0.1) is 0 Å². The standard InChI is InChI=1S/C4H8O.H4O4Si/c1-2-4-5-3-1;1-5(2,3)4/h1-4H2;1-4H. The van der Waals surface area contributed by atoms with E-state index in [-0.39, 0.29) is 0 Å². The van der Waals surface area contributed by atoms with Crippen molar-refractivity contribution in [1.82, 2.24) is 0 Å². The number of rotatable bonds is 0. The Labute approximate surface area is 60.0 Å². The summed E-state index contributed by atoms with van der Waals surface area (Å²) in [5.74, 6) is 0. The largest absolute Gasteiger partial charge is 0.668 e. The molecule has 1 saturated heterocycles. The lowest BCUT2D eigenvalue weighted by Crippen LogP contribution is -2.33. The van der Waals surface area contributed by atoms with Gasteiger partial charge in [-0.15, -0.1) is 0 Å². The topological polar surface area (TPSA) is 90.2 Å². The predicted molar refractivity (Wildman–Crippen MR) is 34.7 cm³/mol. The van der Waals surface area contributed by atoms with E-state index in [1.54, 1.807) is 0 Å². The SMILES string of the molecule is C1CCOC1.O[Si](O)(O)O. The average Bonchev–Trinajstić information content (AvgIpc) is 2.07. The highest BCUT2D eigenvalue weighted by Crippen LogP contribution is 1.98. The highest BCUT2D eigenvalue weighted by molar-refractivity contribution is 6.46. The molecule has 0 aromatic rings. The molecule has 0 radical (unpaired) electrons. The molecule has 5 nitrogen and oxygen atoms in total. The Morgan fingerprint density at radius 1 is 0.900 bits per heavy atom. The molecule has 0 bridgehead atoms. The highest BCUT2D eigenvalue weighted by atomic mass is 28.4. The number of hydrogen-bond donors (Lipinski definition) is 4. The molecule has 1 aliphatic heterocycles. The minimum Gasteiger partial charge on any atom is -0.381 e. The van der Waals surface area contributed by atoms with Gasteiger partial charge in [0.05, 0.1) is 0 Å². The van der Waals surface area contributed by atoms with Crippen molar-refractivity contribution in [2.24, 2.45) is 0 Å². The zero-order valence-corrected chi connectivity index (χ0v) is 6.53. The molecule has 10 heavy (non-hydrogen) atoms. The average molecular weight is 168 g/mol. The van der Waals surface area contributed by atoms with Gasteiger partial charge in [0.15, 0.2) is 0 Å². The van der Waals surface area contributed by atoms with Gasteiger partial charge in [-0.1, -0.05) is 0 Å². The van der Waals surface area contributed by atoms with Crippen LogP contribution in [0.3, 0.4) is 0 Å². The first-order valence-electron chi connectivity index (χ1n) is 2.97. The normalized spacial score (nSPS) is 18.0. The Balaban J connectivity index is 0.000000162. The van der Waals surface area contributed by atoms with E-state index < -0.39 is 9.05 Å². The molecule has 0 atom stereocenters.